The Labute approximate surface area is 157 Å². The molecule has 0 aliphatic rings. The van der Waals surface area contributed by atoms with Gasteiger partial charge in [-0.3, -0.25) is 0 Å². The van der Waals surface area contributed by atoms with Gasteiger partial charge >= 0.3 is 0 Å². The van der Waals surface area contributed by atoms with Gasteiger partial charge in [-0.05, 0) is 17.9 Å². The van der Waals surface area contributed by atoms with Crippen LogP contribution in [0.5, 0.6) is 0 Å². The van der Waals surface area contributed by atoms with Gasteiger partial charge in [-0.15, -0.1) is 0 Å². The minimum atomic E-state index is -1.18. The molecule has 1 aromatic rings. The highest BCUT2D eigenvalue weighted by Crippen LogP contribution is 2.17. The average molecular weight is 365 g/mol. The lowest BCUT2D eigenvalue weighted by molar-refractivity contribution is 0.562. The molecule has 0 heterocycles. The number of thioether (sulfide) groups is 1. The van der Waals surface area contributed by atoms with Crippen LogP contribution >= 0.6 is 11.8 Å². The van der Waals surface area contributed by atoms with Crippen LogP contribution in [0.1, 0.15) is 71.1 Å². The maximum absolute atomic E-state index is 2.53. The summed E-state index contributed by atoms with van der Waals surface area (Å²) in [6.07, 6.45) is 14.5. The molecule has 0 aliphatic heterocycles. The molecule has 0 aliphatic carbocycles. The van der Waals surface area contributed by atoms with Crippen molar-refractivity contribution in [1.29, 1.82) is 0 Å². The Morgan fingerprint density at radius 2 is 1.21 bits per heavy atom. The van der Waals surface area contributed by atoms with Crippen molar-refractivity contribution < 1.29 is 0 Å². The van der Waals surface area contributed by atoms with E-state index in [1.807, 2.05) is 0 Å². The second-order valence-electron chi connectivity index (χ2n) is 7.73. The first-order chi connectivity index (χ1) is 11.7. The van der Waals surface area contributed by atoms with Crippen molar-refractivity contribution in [2.24, 2.45) is 0 Å². The van der Waals surface area contributed by atoms with Gasteiger partial charge in [-0.1, -0.05) is 119 Å². The van der Waals surface area contributed by atoms with Crippen molar-refractivity contribution >= 4 is 25.0 Å². The predicted molar refractivity (Wildman–Crippen MR) is 118 cm³/mol. The van der Waals surface area contributed by atoms with Crippen molar-refractivity contribution in [2.45, 2.75) is 90.3 Å². The van der Waals surface area contributed by atoms with Crippen molar-refractivity contribution in [1.82, 2.24) is 0 Å². The fourth-order valence-electron chi connectivity index (χ4n) is 3.36. The highest BCUT2D eigenvalue weighted by molar-refractivity contribution is 7.99. The zero-order valence-corrected chi connectivity index (χ0v) is 18.3. The molecule has 24 heavy (non-hydrogen) atoms. The lowest BCUT2D eigenvalue weighted by atomic mass is 10.1. The molecule has 0 atom stereocenters. The third-order valence-corrected chi connectivity index (χ3v) is 9.59. The van der Waals surface area contributed by atoms with E-state index in [0.29, 0.717) is 0 Å². The molecule has 0 bridgehead atoms. The summed E-state index contributed by atoms with van der Waals surface area (Å²) < 4.78 is 0. The van der Waals surface area contributed by atoms with Gasteiger partial charge in [0, 0.05) is 0 Å². The molecule has 0 unspecified atom stereocenters. The van der Waals surface area contributed by atoms with E-state index >= 15 is 0 Å². The number of unbranched alkanes of at least 4 members (excludes halogenated alkanes) is 9. The second-order valence-corrected chi connectivity index (χ2v) is 14.0. The third kappa shape index (κ3) is 10.6. The van der Waals surface area contributed by atoms with Crippen LogP contribution in [0.25, 0.3) is 0 Å². The first-order valence-electron chi connectivity index (χ1n) is 10.3. The van der Waals surface area contributed by atoms with Crippen molar-refractivity contribution in [3.05, 3.63) is 30.3 Å². The summed E-state index contributed by atoms with van der Waals surface area (Å²) in [5, 5.41) is 1.63. The zero-order valence-electron chi connectivity index (χ0n) is 16.5. The molecule has 0 aromatic heterocycles. The Morgan fingerprint density at radius 1 is 0.708 bits per heavy atom. The Hall–Kier alpha value is -0.213. The summed E-state index contributed by atoms with van der Waals surface area (Å²) in [6, 6.07) is 12.7. The monoisotopic (exact) mass is 364 g/mol. The fourth-order valence-corrected chi connectivity index (χ4v) is 6.58. The summed E-state index contributed by atoms with van der Waals surface area (Å²) in [7, 11) is -1.18. The molecule has 0 radical (unpaired) electrons. The molecular weight excluding hydrogens is 324 g/mol. The van der Waals surface area contributed by atoms with Crippen molar-refractivity contribution in [2.75, 3.05) is 11.5 Å². The Bertz CT molecular complexity index is 388. The Balaban J connectivity index is 1.90. The first-order valence-corrected chi connectivity index (χ1v) is 14.7. The molecule has 0 saturated carbocycles. The number of hydrogen-bond donors (Lipinski definition) is 0. The minimum Gasteiger partial charge on any atom is -0.162 e. The first kappa shape index (κ1) is 21.8. The summed E-state index contributed by atoms with van der Waals surface area (Å²) >= 11 is 2.09. The number of benzene rings is 1. The van der Waals surface area contributed by atoms with Gasteiger partial charge in [-0.2, -0.15) is 11.8 Å². The highest BCUT2D eigenvalue weighted by Gasteiger charge is 2.21. The Kier molecular flexibility index (Phi) is 12.7. The van der Waals surface area contributed by atoms with E-state index in [1.54, 1.807) is 5.19 Å². The van der Waals surface area contributed by atoms with Crippen LogP contribution in [-0.2, 0) is 0 Å². The topological polar surface area (TPSA) is 0 Å². The predicted octanol–water partition coefficient (Wildman–Crippen LogP) is 7.26. The smallest absolute Gasteiger partial charge is 0.0806 e. The zero-order chi connectivity index (χ0) is 17.5. The Morgan fingerprint density at radius 3 is 1.75 bits per heavy atom. The van der Waals surface area contributed by atoms with Crippen molar-refractivity contribution in [3.8, 4) is 0 Å². The van der Waals surface area contributed by atoms with Crippen LogP contribution in [0.15, 0.2) is 30.3 Å². The summed E-state index contributed by atoms with van der Waals surface area (Å²) in [4.78, 5) is 0. The van der Waals surface area contributed by atoms with E-state index in [-0.39, 0.29) is 0 Å². The lowest BCUT2D eigenvalue weighted by Crippen LogP contribution is -2.40. The maximum Gasteiger partial charge on any atom is 0.0806 e. The standard InChI is InChI=1S/C22H40SSi/c1-4-23-20-16-11-9-7-5-6-8-10-12-17-21-24(2,3)22-18-14-13-15-19-22/h13-15,18-19H,4-12,16-17,20-21H2,1-3H3. The van der Waals surface area contributed by atoms with Crippen LogP contribution in [0.2, 0.25) is 19.1 Å². The summed E-state index contributed by atoms with van der Waals surface area (Å²) in [5.41, 5.74) is 0. The van der Waals surface area contributed by atoms with Gasteiger partial charge in [0.2, 0.25) is 0 Å². The van der Waals surface area contributed by atoms with E-state index in [0.717, 1.165) is 0 Å². The summed E-state index contributed by atoms with van der Waals surface area (Å²) in [6.45, 7) is 7.32. The van der Waals surface area contributed by atoms with Crippen molar-refractivity contribution in [3.63, 3.8) is 0 Å². The van der Waals surface area contributed by atoms with Crippen LogP contribution in [0.4, 0.5) is 0 Å². The van der Waals surface area contributed by atoms with Crippen LogP contribution in [-0.4, -0.2) is 19.6 Å². The molecule has 0 spiro atoms. The molecule has 138 valence electrons. The van der Waals surface area contributed by atoms with Crippen LogP contribution in [0.3, 0.4) is 0 Å². The van der Waals surface area contributed by atoms with E-state index in [9.17, 15) is 0 Å². The van der Waals surface area contributed by atoms with Gasteiger partial charge in [0.15, 0.2) is 0 Å². The average Bonchev–Trinajstić information content (AvgIpc) is 2.60. The number of rotatable bonds is 15. The van der Waals surface area contributed by atoms with Gasteiger partial charge in [-0.25, -0.2) is 0 Å². The summed E-state index contributed by atoms with van der Waals surface area (Å²) in [5.74, 6) is 2.66. The van der Waals surface area contributed by atoms with E-state index in [4.69, 9.17) is 0 Å². The number of hydrogen-bond acceptors (Lipinski definition) is 1. The van der Waals surface area contributed by atoms with Crippen LogP contribution < -0.4 is 5.19 Å². The van der Waals surface area contributed by atoms with Gasteiger partial charge in [0.05, 0.1) is 8.07 Å². The van der Waals surface area contributed by atoms with E-state index < -0.39 is 8.07 Å². The van der Waals surface area contributed by atoms with Crippen LogP contribution in [0, 0.1) is 0 Å². The molecule has 0 saturated heterocycles. The lowest BCUT2D eigenvalue weighted by Gasteiger charge is -2.22. The third-order valence-electron chi connectivity index (χ3n) is 5.10. The van der Waals surface area contributed by atoms with Gasteiger partial charge < -0.3 is 0 Å². The molecule has 0 amide bonds. The molecule has 2 heteroatoms. The quantitative estimate of drug-likeness (QED) is 0.233. The minimum absolute atomic E-state index is 1.18. The second kappa shape index (κ2) is 14.0. The molecule has 1 rings (SSSR count). The van der Waals surface area contributed by atoms with E-state index in [2.05, 4.69) is 62.1 Å². The highest BCUT2D eigenvalue weighted by atomic mass is 32.2. The van der Waals surface area contributed by atoms with Gasteiger partial charge in [0.25, 0.3) is 0 Å². The molecule has 0 nitrogen and oxygen atoms in total. The normalized spacial score (nSPS) is 11.8. The molecule has 0 fully saturated rings. The molecular formula is C22H40SSi. The van der Waals surface area contributed by atoms with Gasteiger partial charge in [0.1, 0.15) is 0 Å². The molecule has 1 aromatic carbocycles. The van der Waals surface area contributed by atoms with E-state index in [1.165, 1.54) is 81.8 Å². The largest absolute Gasteiger partial charge is 0.162 e. The molecule has 0 N–H and O–H groups in total. The fraction of sp³-hybridized carbons (Fsp3) is 0.727. The maximum atomic E-state index is 2.53. The SMILES string of the molecule is CCSCCCCCCCCCCCC[Si](C)(C)c1ccccc1.